The van der Waals surface area contributed by atoms with Crippen LogP contribution in [-0.2, 0) is 25.7 Å². The van der Waals surface area contributed by atoms with Crippen molar-refractivity contribution in [3.8, 4) is 10.4 Å². The number of hydrogen-bond donors (Lipinski definition) is 7. The summed E-state index contributed by atoms with van der Waals surface area (Å²) in [6.07, 6.45) is 10.5. The second-order valence-corrected chi connectivity index (χ2v) is 23.8. The Labute approximate surface area is 467 Å². The van der Waals surface area contributed by atoms with Gasteiger partial charge in [-0.3, -0.25) is 33.7 Å². The number of nitrogens with zero attached hydrogens (tertiary/aromatic N) is 4. The molecule has 3 fully saturated rings. The summed E-state index contributed by atoms with van der Waals surface area (Å²) in [5, 5.41) is 25.4. The number of aromatic amines is 1. The number of carbonyl (C=O) groups excluding carboxylic acids is 6. The molecule has 0 unspecified atom stereocenters. The zero-order chi connectivity index (χ0) is 56.3. The van der Waals surface area contributed by atoms with Crippen molar-refractivity contribution in [3.05, 3.63) is 100 Å². The number of aliphatic hydroxyl groups is 1. The van der Waals surface area contributed by atoms with Gasteiger partial charge in [-0.05, 0) is 118 Å². The van der Waals surface area contributed by atoms with Crippen LogP contribution in [0.2, 0.25) is 0 Å². The SMILES string of the molecule is Cc1ncsc1-c1ccc([C@H](CC(=O)NCCCCCCCCCCCNC(=O)c2ccc(C(=O)Nc3ccc4[nH]c(CN5CCC[C@@H]5C)nc4c3)cc2)NC(=O)[C@@H]2C[C@@H](O)CN2C(=O)[C@@H](NC(=O)C2(F)CC2)C(C)(C)C)cc1. The van der Waals surface area contributed by atoms with Crippen molar-refractivity contribution in [2.75, 3.05) is 31.5 Å². The van der Waals surface area contributed by atoms with Crippen LogP contribution in [0.1, 0.15) is 168 Å². The van der Waals surface area contributed by atoms with Crippen molar-refractivity contribution in [1.29, 1.82) is 0 Å². The van der Waals surface area contributed by atoms with Crippen molar-refractivity contribution in [2.45, 2.75) is 173 Å². The molecule has 5 atom stereocenters. The van der Waals surface area contributed by atoms with Gasteiger partial charge in [0.1, 0.15) is 17.9 Å². The highest BCUT2D eigenvalue weighted by molar-refractivity contribution is 7.13. The van der Waals surface area contributed by atoms with Crippen LogP contribution in [0.25, 0.3) is 21.5 Å². The summed E-state index contributed by atoms with van der Waals surface area (Å²) in [6, 6.07) is 17.5. The standard InChI is InChI=1S/C60H79FN10O7S/c1-38-16-15-31-70(38)36-50-66-46-26-25-44(32-48(46)67-50)65-55(75)43-23-21-42(22-24-43)54(74)63-30-14-12-10-8-6-7-9-11-13-29-62-51(73)34-47(40-17-19-41(20-18-40)52-39(2)64-37-79-52)68-56(76)49-33-45(72)35-71(49)57(77)53(59(3,4)5)69-58(78)60(61)27-28-60/h17-26,32,37-38,45,47,49,53,72H,6-16,27-31,33-36H2,1-5H3,(H,62,73)(H,63,74)(H,65,75)(H,66,67)(H,68,76)(H,69,78)/t38-,45+,47-,49-,53+/m0/s1. The molecular formula is C60H79FN10O7S. The number of likely N-dealkylation sites (tertiary alicyclic amines) is 2. The highest BCUT2D eigenvalue weighted by Crippen LogP contribution is 2.41. The van der Waals surface area contributed by atoms with Crippen LogP contribution in [0.3, 0.4) is 0 Å². The van der Waals surface area contributed by atoms with Gasteiger partial charge in [-0.2, -0.15) is 0 Å². The van der Waals surface area contributed by atoms with Crippen LogP contribution in [-0.4, -0.2) is 121 Å². The van der Waals surface area contributed by atoms with Gasteiger partial charge in [-0.25, -0.2) is 14.4 Å². The summed E-state index contributed by atoms with van der Waals surface area (Å²) in [5.74, 6) is -1.73. The Morgan fingerprint density at radius 2 is 1.49 bits per heavy atom. The number of benzene rings is 3. The Balaban J connectivity index is 0.712. The molecule has 1 aliphatic carbocycles. The number of nitrogens with one attached hydrogen (secondary N) is 6. The molecule has 17 nitrogen and oxygen atoms in total. The Hall–Kier alpha value is -6.57. The smallest absolute Gasteiger partial charge is 0.258 e. The highest BCUT2D eigenvalue weighted by Gasteiger charge is 2.53. The van der Waals surface area contributed by atoms with Gasteiger partial charge >= 0.3 is 0 Å². The number of thiazole rings is 1. The van der Waals surface area contributed by atoms with E-state index in [1.807, 2.05) is 49.4 Å². The van der Waals surface area contributed by atoms with Crippen molar-refractivity contribution in [2.24, 2.45) is 5.41 Å². The molecule has 1 saturated carbocycles. The number of hydrogen-bond acceptors (Lipinski definition) is 11. The minimum atomic E-state index is -2.00. The molecule has 7 N–H and O–H groups in total. The van der Waals surface area contributed by atoms with Crippen LogP contribution in [0.15, 0.2) is 72.2 Å². The first-order valence-corrected chi connectivity index (χ1v) is 29.2. The molecule has 0 bridgehead atoms. The van der Waals surface area contributed by atoms with Gasteiger partial charge in [0.15, 0.2) is 5.67 Å². The lowest BCUT2D eigenvalue weighted by molar-refractivity contribution is -0.145. The van der Waals surface area contributed by atoms with Crippen LogP contribution >= 0.6 is 11.3 Å². The zero-order valence-electron chi connectivity index (χ0n) is 46.4. The Morgan fingerprint density at radius 3 is 2.10 bits per heavy atom. The number of anilines is 1. The van der Waals surface area contributed by atoms with Gasteiger partial charge in [0.25, 0.3) is 17.7 Å². The average molecular weight is 1100 g/mol. The monoisotopic (exact) mass is 1100 g/mol. The quantitative estimate of drug-likeness (QED) is 0.0260. The molecule has 4 heterocycles. The van der Waals surface area contributed by atoms with Gasteiger partial charge in [0, 0.05) is 48.9 Å². The number of fused-ring (bicyclic) bond motifs is 1. The normalized spacial score (nSPS) is 18.7. The Bertz CT molecular complexity index is 2920. The largest absolute Gasteiger partial charge is 0.391 e. The third kappa shape index (κ3) is 15.8. The van der Waals surface area contributed by atoms with E-state index in [2.05, 4.69) is 48.4 Å². The van der Waals surface area contributed by atoms with Crippen molar-refractivity contribution in [1.82, 2.24) is 46.0 Å². The molecule has 0 radical (unpaired) electrons. The number of H-pyrrole nitrogens is 1. The molecule has 3 aromatic carbocycles. The number of β-amino-alcohol motifs (C(OH)–C–C–N with tert-alkyl or cyclic N) is 1. The predicted molar refractivity (Wildman–Crippen MR) is 305 cm³/mol. The van der Waals surface area contributed by atoms with E-state index in [0.29, 0.717) is 41.5 Å². The second kappa shape index (κ2) is 26.6. The number of aliphatic hydroxyl groups excluding tert-OH is 1. The minimum Gasteiger partial charge on any atom is -0.391 e. The molecule has 8 rings (SSSR count). The second-order valence-electron chi connectivity index (χ2n) is 23.0. The molecule has 0 spiro atoms. The summed E-state index contributed by atoms with van der Waals surface area (Å²) < 4.78 is 14.7. The molecule has 2 aromatic heterocycles. The first-order chi connectivity index (χ1) is 37.8. The number of carbonyl (C=O) groups is 6. The van der Waals surface area contributed by atoms with Gasteiger partial charge in [0.05, 0.1) is 52.2 Å². The number of aryl methyl sites for hydroxylation is 1. The molecule has 2 aliphatic heterocycles. The molecule has 19 heteroatoms. The third-order valence-electron chi connectivity index (χ3n) is 15.6. The lowest BCUT2D eigenvalue weighted by atomic mass is 9.85. The first kappa shape index (κ1) is 58.6. The Morgan fingerprint density at radius 1 is 0.848 bits per heavy atom. The van der Waals surface area contributed by atoms with Gasteiger partial charge in [-0.15, -0.1) is 11.3 Å². The third-order valence-corrected chi connectivity index (χ3v) is 16.6. The fourth-order valence-electron chi connectivity index (χ4n) is 10.6. The van der Waals surface area contributed by atoms with E-state index in [9.17, 15) is 38.3 Å². The van der Waals surface area contributed by atoms with E-state index in [-0.39, 0.29) is 49.9 Å². The fourth-order valence-corrected chi connectivity index (χ4v) is 11.4. The topological polar surface area (TPSA) is 231 Å². The lowest BCUT2D eigenvalue weighted by Crippen LogP contribution is -2.59. The maximum Gasteiger partial charge on any atom is 0.258 e. The number of aromatic nitrogens is 3. The number of alkyl halides is 1. The number of unbranched alkanes of at least 4 members (excludes halogenated alkanes) is 8. The number of halogens is 1. The van der Waals surface area contributed by atoms with E-state index >= 15 is 0 Å². The molecule has 6 amide bonds. The molecule has 3 aliphatic rings. The summed E-state index contributed by atoms with van der Waals surface area (Å²) in [6.45, 7) is 12.2. The van der Waals surface area contributed by atoms with E-state index in [1.54, 1.807) is 50.5 Å². The number of rotatable bonds is 26. The van der Waals surface area contributed by atoms with E-state index < -0.39 is 53.0 Å². The first-order valence-electron chi connectivity index (χ1n) is 28.3. The summed E-state index contributed by atoms with van der Waals surface area (Å²) in [5.41, 5.74) is 4.84. The van der Waals surface area contributed by atoms with Gasteiger partial charge in [0.2, 0.25) is 17.7 Å². The lowest BCUT2D eigenvalue weighted by Gasteiger charge is -2.36. The molecule has 424 valence electrons. The van der Waals surface area contributed by atoms with Crippen molar-refractivity contribution >= 4 is 63.5 Å². The summed E-state index contributed by atoms with van der Waals surface area (Å²) in [4.78, 5) is 97.7. The number of imidazole rings is 1. The Kier molecular flexibility index (Phi) is 19.7. The van der Waals surface area contributed by atoms with E-state index in [0.717, 1.165) is 104 Å². The van der Waals surface area contributed by atoms with Crippen molar-refractivity contribution < 1.29 is 38.3 Å². The highest BCUT2D eigenvalue weighted by atomic mass is 32.1. The van der Waals surface area contributed by atoms with Gasteiger partial charge < -0.3 is 41.6 Å². The van der Waals surface area contributed by atoms with Crippen LogP contribution < -0.4 is 26.6 Å². The predicted octanol–water partition coefficient (Wildman–Crippen LogP) is 8.83. The molecule has 5 aromatic rings. The van der Waals surface area contributed by atoms with Crippen molar-refractivity contribution in [3.63, 3.8) is 0 Å². The van der Waals surface area contributed by atoms with Crippen LogP contribution in [0.5, 0.6) is 0 Å². The van der Waals surface area contributed by atoms with E-state index in [1.165, 1.54) is 29.1 Å². The summed E-state index contributed by atoms with van der Waals surface area (Å²) in [7, 11) is 0. The zero-order valence-corrected chi connectivity index (χ0v) is 47.2. The van der Waals surface area contributed by atoms with Crippen LogP contribution in [0.4, 0.5) is 10.1 Å². The van der Waals surface area contributed by atoms with Gasteiger partial charge in [-0.1, -0.05) is 90.0 Å². The summed E-state index contributed by atoms with van der Waals surface area (Å²) >= 11 is 1.52. The maximum absolute atomic E-state index is 14.7. The maximum atomic E-state index is 14.7. The average Bonchev–Trinajstić information content (AvgIpc) is 4.03. The molecular weight excluding hydrogens is 1020 g/mol. The van der Waals surface area contributed by atoms with E-state index in [4.69, 9.17) is 4.98 Å². The molecule has 79 heavy (non-hydrogen) atoms. The molecule has 2 saturated heterocycles. The van der Waals surface area contributed by atoms with Crippen LogP contribution in [0, 0.1) is 12.3 Å². The minimum absolute atomic E-state index is 0.0354. The number of amides is 6. The fraction of sp³-hybridized carbons (Fsp3) is 0.533.